The van der Waals surface area contributed by atoms with Gasteiger partial charge in [0.25, 0.3) is 0 Å². The van der Waals surface area contributed by atoms with Crippen molar-refractivity contribution in [2.24, 2.45) is 11.7 Å². The van der Waals surface area contributed by atoms with Gasteiger partial charge in [-0.15, -0.1) is 5.10 Å². The van der Waals surface area contributed by atoms with Crippen LogP contribution >= 0.6 is 11.5 Å². The SMILES string of the molecule is NC[C@@H]1C[C@H]1c1csnn1. The molecule has 0 unspecified atom stereocenters. The third-order valence-corrected chi connectivity index (χ3v) is 2.50. The van der Waals surface area contributed by atoms with Crippen molar-refractivity contribution < 1.29 is 0 Å². The molecule has 2 N–H and O–H groups in total. The van der Waals surface area contributed by atoms with E-state index in [2.05, 4.69) is 9.59 Å². The Morgan fingerprint density at radius 2 is 2.70 bits per heavy atom. The topological polar surface area (TPSA) is 51.8 Å². The first-order valence-corrected chi connectivity index (χ1v) is 4.22. The summed E-state index contributed by atoms with van der Waals surface area (Å²) in [5.41, 5.74) is 6.62. The van der Waals surface area contributed by atoms with E-state index >= 15 is 0 Å². The van der Waals surface area contributed by atoms with Crippen LogP contribution in [-0.4, -0.2) is 16.1 Å². The molecule has 2 atom stereocenters. The van der Waals surface area contributed by atoms with E-state index in [0.29, 0.717) is 11.8 Å². The smallest absolute Gasteiger partial charge is 0.0789 e. The molecule has 1 aromatic rings. The van der Waals surface area contributed by atoms with Crippen molar-refractivity contribution >= 4 is 11.5 Å². The maximum Gasteiger partial charge on any atom is 0.0789 e. The van der Waals surface area contributed by atoms with Crippen molar-refractivity contribution in [1.82, 2.24) is 9.59 Å². The van der Waals surface area contributed by atoms with Gasteiger partial charge < -0.3 is 5.73 Å². The number of nitrogens with two attached hydrogens (primary N) is 1. The molecule has 0 amide bonds. The highest BCUT2D eigenvalue weighted by Crippen LogP contribution is 2.45. The third kappa shape index (κ3) is 0.932. The van der Waals surface area contributed by atoms with Crippen LogP contribution in [-0.2, 0) is 0 Å². The minimum Gasteiger partial charge on any atom is -0.330 e. The highest BCUT2D eigenvalue weighted by molar-refractivity contribution is 7.03. The molecule has 10 heavy (non-hydrogen) atoms. The summed E-state index contributed by atoms with van der Waals surface area (Å²) in [7, 11) is 0. The molecule has 1 saturated carbocycles. The highest BCUT2D eigenvalue weighted by Gasteiger charge is 2.38. The zero-order chi connectivity index (χ0) is 6.97. The van der Waals surface area contributed by atoms with Crippen LogP contribution in [0.2, 0.25) is 0 Å². The van der Waals surface area contributed by atoms with Gasteiger partial charge in [0.1, 0.15) is 0 Å². The molecule has 1 fully saturated rings. The average molecular weight is 155 g/mol. The number of nitrogens with zero attached hydrogens (tertiary/aromatic N) is 2. The van der Waals surface area contributed by atoms with Crippen LogP contribution in [0.25, 0.3) is 0 Å². The van der Waals surface area contributed by atoms with E-state index in [-0.39, 0.29) is 0 Å². The fourth-order valence-corrected chi connectivity index (χ4v) is 1.72. The lowest BCUT2D eigenvalue weighted by Gasteiger charge is -1.87. The second-order valence-electron chi connectivity index (χ2n) is 2.67. The minimum atomic E-state index is 0.628. The van der Waals surface area contributed by atoms with Crippen molar-refractivity contribution in [2.75, 3.05) is 6.54 Å². The monoisotopic (exact) mass is 155 g/mol. The molecule has 1 aromatic heterocycles. The van der Waals surface area contributed by atoms with Gasteiger partial charge in [0.2, 0.25) is 0 Å². The first-order valence-electron chi connectivity index (χ1n) is 3.39. The van der Waals surface area contributed by atoms with E-state index in [9.17, 15) is 0 Å². The molecule has 0 radical (unpaired) electrons. The van der Waals surface area contributed by atoms with Crippen LogP contribution in [0.15, 0.2) is 5.38 Å². The third-order valence-electron chi connectivity index (χ3n) is 1.98. The van der Waals surface area contributed by atoms with Crippen molar-refractivity contribution in [1.29, 1.82) is 0 Å². The largest absolute Gasteiger partial charge is 0.330 e. The second kappa shape index (κ2) is 2.29. The predicted octanol–water partition coefficient (Wildman–Crippen LogP) is 0.600. The molecule has 0 bridgehead atoms. The van der Waals surface area contributed by atoms with E-state index in [1.165, 1.54) is 18.0 Å². The fourth-order valence-electron chi connectivity index (χ4n) is 1.20. The van der Waals surface area contributed by atoms with Gasteiger partial charge in [0.15, 0.2) is 0 Å². The maximum atomic E-state index is 5.49. The molecule has 0 saturated heterocycles. The predicted molar refractivity (Wildman–Crippen MR) is 39.8 cm³/mol. The Kier molecular flexibility index (Phi) is 1.43. The quantitative estimate of drug-likeness (QED) is 0.680. The number of hydrogen-bond donors (Lipinski definition) is 1. The first kappa shape index (κ1) is 6.24. The van der Waals surface area contributed by atoms with Crippen LogP contribution in [0.3, 0.4) is 0 Å². The van der Waals surface area contributed by atoms with Gasteiger partial charge in [-0.25, -0.2) is 0 Å². The maximum absolute atomic E-state index is 5.49. The molecule has 1 aliphatic carbocycles. The number of hydrogen-bond acceptors (Lipinski definition) is 4. The Bertz CT molecular complexity index is 209. The Hall–Kier alpha value is -0.480. The first-order chi connectivity index (χ1) is 4.92. The summed E-state index contributed by atoms with van der Waals surface area (Å²) in [4.78, 5) is 0. The molecule has 1 aliphatic rings. The lowest BCUT2D eigenvalue weighted by atomic mass is 10.2. The van der Waals surface area contributed by atoms with Crippen molar-refractivity contribution in [3.63, 3.8) is 0 Å². The van der Waals surface area contributed by atoms with Gasteiger partial charge in [-0.3, -0.25) is 0 Å². The molecule has 0 aromatic carbocycles. The highest BCUT2D eigenvalue weighted by atomic mass is 32.1. The summed E-state index contributed by atoms with van der Waals surface area (Å²) < 4.78 is 3.80. The number of aromatic nitrogens is 2. The lowest BCUT2D eigenvalue weighted by Crippen LogP contribution is -2.01. The normalized spacial score (nSPS) is 30.5. The van der Waals surface area contributed by atoms with Crippen LogP contribution in [0.5, 0.6) is 0 Å². The van der Waals surface area contributed by atoms with E-state index < -0.39 is 0 Å². The molecule has 0 aliphatic heterocycles. The van der Waals surface area contributed by atoms with Crippen molar-refractivity contribution in [3.05, 3.63) is 11.1 Å². The molecule has 1 heterocycles. The molecule has 4 heteroatoms. The Morgan fingerprint density at radius 3 is 3.20 bits per heavy atom. The van der Waals surface area contributed by atoms with E-state index in [1.54, 1.807) is 0 Å². The summed E-state index contributed by atoms with van der Waals surface area (Å²) in [5.74, 6) is 1.31. The summed E-state index contributed by atoms with van der Waals surface area (Å²) in [5, 5.41) is 6.00. The summed E-state index contributed by atoms with van der Waals surface area (Å²) in [6, 6.07) is 0. The van der Waals surface area contributed by atoms with Gasteiger partial charge in [-0.05, 0) is 30.4 Å². The molecule has 0 spiro atoms. The summed E-state index contributed by atoms with van der Waals surface area (Å²) in [6.45, 7) is 0.794. The summed E-state index contributed by atoms with van der Waals surface area (Å²) in [6.07, 6.45) is 1.21. The van der Waals surface area contributed by atoms with Crippen LogP contribution in [0.1, 0.15) is 18.0 Å². The van der Waals surface area contributed by atoms with Crippen LogP contribution in [0, 0.1) is 5.92 Å². The Morgan fingerprint density at radius 1 is 1.80 bits per heavy atom. The summed E-state index contributed by atoms with van der Waals surface area (Å²) >= 11 is 1.42. The second-order valence-corrected chi connectivity index (χ2v) is 3.28. The van der Waals surface area contributed by atoms with Gasteiger partial charge in [0.05, 0.1) is 5.69 Å². The molecule has 2 rings (SSSR count). The van der Waals surface area contributed by atoms with E-state index in [4.69, 9.17) is 5.73 Å². The zero-order valence-electron chi connectivity index (χ0n) is 5.53. The van der Waals surface area contributed by atoms with Gasteiger partial charge >= 0.3 is 0 Å². The Balaban J connectivity index is 2.05. The van der Waals surface area contributed by atoms with Gasteiger partial charge in [0, 0.05) is 11.3 Å². The number of rotatable bonds is 2. The molecule has 3 nitrogen and oxygen atoms in total. The molecule has 54 valence electrons. The van der Waals surface area contributed by atoms with E-state index in [1.807, 2.05) is 5.38 Å². The average Bonchev–Trinajstić information content (AvgIpc) is 2.56. The fraction of sp³-hybridized carbons (Fsp3) is 0.667. The van der Waals surface area contributed by atoms with Gasteiger partial charge in [-0.1, -0.05) is 4.49 Å². The van der Waals surface area contributed by atoms with Crippen LogP contribution < -0.4 is 5.73 Å². The lowest BCUT2D eigenvalue weighted by molar-refractivity contribution is 0.794. The minimum absolute atomic E-state index is 0.628. The van der Waals surface area contributed by atoms with Crippen molar-refractivity contribution in [2.45, 2.75) is 12.3 Å². The van der Waals surface area contributed by atoms with Crippen LogP contribution in [0.4, 0.5) is 0 Å². The van der Waals surface area contributed by atoms with E-state index in [0.717, 1.165) is 12.2 Å². The molecular formula is C6H9N3S. The van der Waals surface area contributed by atoms with Crippen molar-refractivity contribution in [3.8, 4) is 0 Å². The van der Waals surface area contributed by atoms with Gasteiger partial charge in [-0.2, -0.15) is 0 Å². The zero-order valence-corrected chi connectivity index (χ0v) is 6.34. The standard InChI is InChI=1S/C6H9N3S/c7-2-4-1-5(4)6-3-10-9-8-6/h3-5H,1-2,7H2/t4-,5+/m0/s1. The Labute approximate surface area is 63.4 Å². The molecular weight excluding hydrogens is 146 g/mol.